The Bertz CT molecular complexity index is 566. The Balaban J connectivity index is 2.33. The van der Waals surface area contributed by atoms with Gasteiger partial charge in [-0.2, -0.15) is 4.98 Å². The standard InChI is InChI=1S/C15H21N3O2/c1-4-5-11(9-16)15-17-14(18-20-15)12-7-6-10(2)8-13(12)19-3/h6-8,11H,4-5,9,16H2,1-3H3. The van der Waals surface area contributed by atoms with Crippen molar-refractivity contribution in [1.82, 2.24) is 10.1 Å². The van der Waals surface area contributed by atoms with Gasteiger partial charge < -0.3 is 15.0 Å². The minimum Gasteiger partial charge on any atom is -0.496 e. The van der Waals surface area contributed by atoms with Gasteiger partial charge in [0.05, 0.1) is 18.6 Å². The largest absolute Gasteiger partial charge is 0.496 e. The smallest absolute Gasteiger partial charge is 0.231 e. The molecule has 0 radical (unpaired) electrons. The predicted octanol–water partition coefficient (Wildman–Crippen LogP) is 2.90. The number of ether oxygens (including phenoxy) is 1. The SMILES string of the molecule is CCCC(CN)c1nc(-c2ccc(C)cc2OC)no1. The lowest BCUT2D eigenvalue weighted by atomic mass is 10.0. The topological polar surface area (TPSA) is 74.2 Å². The molecular formula is C15H21N3O2. The van der Waals surface area contributed by atoms with Crippen LogP contribution in [0.15, 0.2) is 22.7 Å². The Morgan fingerprint density at radius 3 is 2.85 bits per heavy atom. The summed E-state index contributed by atoms with van der Waals surface area (Å²) in [5.41, 5.74) is 7.72. The molecule has 2 aromatic rings. The van der Waals surface area contributed by atoms with Crippen molar-refractivity contribution in [1.29, 1.82) is 0 Å². The number of nitrogens with zero attached hydrogens (tertiary/aromatic N) is 2. The molecule has 20 heavy (non-hydrogen) atoms. The van der Waals surface area contributed by atoms with E-state index >= 15 is 0 Å². The molecule has 1 aromatic heterocycles. The van der Waals surface area contributed by atoms with E-state index in [9.17, 15) is 0 Å². The summed E-state index contributed by atoms with van der Waals surface area (Å²) in [4.78, 5) is 4.47. The van der Waals surface area contributed by atoms with Crippen molar-refractivity contribution in [2.24, 2.45) is 5.73 Å². The van der Waals surface area contributed by atoms with Crippen LogP contribution in [0, 0.1) is 6.92 Å². The van der Waals surface area contributed by atoms with Gasteiger partial charge in [-0.3, -0.25) is 0 Å². The summed E-state index contributed by atoms with van der Waals surface area (Å²) >= 11 is 0. The molecule has 0 aliphatic rings. The van der Waals surface area contributed by atoms with Crippen LogP contribution >= 0.6 is 0 Å². The monoisotopic (exact) mass is 275 g/mol. The first-order chi connectivity index (χ1) is 9.69. The van der Waals surface area contributed by atoms with Crippen LogP contribution in [0.1, 0.15) is 37.1 Å². The summed E-state index contributed by atoms with van der Waals surface area (Å²) in [6.07, 6.45) is 1.98. The van der Waals surface area contributed by atoms with Crippen LogP contribution in [-0.4, -0.2) is 23.8 Å². The predicted molar refractivity (Wildman–Crippen MR) is 77.7 cm³/mol. The molecule has 108 valence electrons. The maximum atomic E-state index is 5.76. The van der Waals surface area contributed by atoms with Gasteiger partial charge in [0.15, 0.2) is 0 Å². The molecule has 0 aliphatic heterocycles. The number of aryl methyl sites for hydroxylation is 1. The van der Waals surface area contributed by atoms with E-state index in [-0.39, 0.29) is 5.92 Å². The van der Waals surface area contributed by atoms with E-state index in [1.165, 1.54) is 0 Å². The highest BCUT2D eigenvalue weighted by Gasteiger charge is 2.19. The summed E-state index contributed by atoms with van der Waals surface area (Å²) in [5.74, 6) is 2.02. The number of methoxy groups -OCH3 is 1. The summed E-state index contributed by atoms with van der Waals surface area (Å²) in [5, 5.41) is 4.05. The van der Waals surface area contributed by atoms with E-state index in [2.05, 4.69) is 17.1 Å². The zero-order valence-corrected chi connectivity index (χ0v) is 12.2. The van der Waals surface area contributed by atoms with Gasteiger partial charge in [0.25, 0.3) is 0 Å². The van der Waals surface area contributed by atoms with Crippen molar-refractivity contribution in [3.05, 3.63) is 29.7 Å². The molecule has 2 N–H and O–H groups in total. The van der Waals surface area contributed by atoms with E-state index in [0.29, 0.717) is 18.3 Å². The van der Waals surface area contributed by atoms with E-state index < -0.39 is 0 Å². The summed E-state index contributed by atoms with van der Waals surface area (Å²) in [6.45, 7) is 4.64. The van der Waals surface area contributed by atoms with Crippen LogP contribution in [0.3, 0.4) is 0 Å². The number of benzene rings is 1. The summed E-state index contributed by atoms with van der Waals surface area (Å²) in [6, 6.07) is 5.90. The summed E-state index contributed by atoms with van der Waals surface area (Å²) < 4.78 is 10.7. The fourth-order valence-corrected chi connectivity index (χ4v) is 2.18. The van der Waals surface area contributed by atoms with Crippen molar-refractivity contribution >= 4 is 0 Å². The molecule has 1 aromatic carbocycles. The quantitative estimate of drug-likeness (QED) is 0.877. The number of hydrogen-bond donors (Lipinski definition) is 1. The van der Waals surface area contributed by atoms with Gasteiger partial charge in [-0.15, -0.1) is 0 Å². The lowest BCUT2D eigenvalue weighted by Gasteiger charge is -2.07. The van der Waals surface area contributed by atoms with Crippen LogP contribution in [0.25, 0.3) is 11.4 Å². The van der Waals surface area contributed by atoms with Crippen molar-refractivity contribution in [2.75, 3.05) is 13.7 Å². The summed E-state index contributed by atoms with van der Waals surface area (Å²) in [7, 11) is 1.64. The molecule has 0 aliphatic carbocycles. The molecule has 0 spiro atoms. The third-order valence-electron chi connectivity index (χ3n) is 3.31. The molecule has 5 nitrogen and oxygen atoms in total. The maximum absolute atomic E-state index is 5.76. The maximum Gasteiger partial charge on any atom is 0.231 e. The molecule has 0 bridgehead atoms. The van der Waals surface area contributed by atoms with Crippen LogP contribution in [0.4, 0.5) is 0 Å². The normalized spacial score (nSPS) is 12.4. The number of hydrogen-bond acceptors (Lipinski definition) is 5. The van der Waals surface area contributed by atoms with Crippen molar-refractivity contribution in [3.8, 4) is 17.1 Å². The van der Waals surface area contributed by atoms with Crippen molar-refractivity contribution < 1.29 is 9.26 Å². The Hall–Kier alpha value is -1.88. The highest BCUT2D eigenvalue weighted by molar-refractivity contribution is 5.64. The van der Waals surface area contributed by atoms with Gasteiger partial charge >= 0.3 is 0 Å². The van der Waals surface area contributed by atoms with Gasteiger partial charge in [0.2, 0.25) is 11.7 Å². The van der Waals surface area contributed by atoms with E-state index in [0.717, 1.165) is 29.7 Å². The molecule has 1 atom stereocenters. The molecule has 2 rings (SSSR count). The average molecular weight is 275 g/mol. The Kier molecular flexibility index (Phi) is 4.74. The van der Waals surface area contributed by atoms with Crippen molar-refractivity contribution in [2.45, 2.75) is 32.6 Å². The molecular weight excluding hydrogens is 254 g/mol. The van der Waals surface area contributed by atoms with Gasteiger partial charge in [0, 0.05) is 6.54 Å². The lowest BCUT2D eigenvalue weighted by molar-refractivity contribution is 0.347. The number of rotatable bonds is 6. The lowest BCUT2D eigenvalue weighted by Crippen LogP contribution is -2.12. The second-order valence-electron chi connectivity index (χ2n) is 4.88. The molecule has 0 saturated carbocycles. The second kappa shape index (κ2) is 6.52. The van der Waals surface area contributed by atoms with Crippen LogP contribution in [-0.2, 0) is 0 Å². The molecule has 1 heterocycles. The fraction of sp³-hybridized carbons (Fsp3) is 0.467. The number of nitrogens with two attached hydrogens (primary N) is 1. The third kappa shape index (κ3) is 2.99. The molecule has 1 unspecified atom stereocenters. The van der Waals surface area contributed by atoms with E-state index in [1.807, 2.05) is 25.1 Å². The van der Waals surface area contributed by atoms with Crippen LogP contribution < -0.4 is 10.5 Å². The van der Waals surface area contributed by atoms with Gasteiger partial charge in [-0.05, 0) is 31.0 Å². The van der Waals surface area contributed by atoms with Crippen LogP contribution in [0.5, 0.6) is 5.75 Å². The van der Waals surface area contributed by atoms with Gasteiger partial charge in [-0.25, -0.2) is 0 Å². The zero-order chi connectivity index (χ0) is 14.5. The zero-order valence-electron chi connectivity index (χ0n) is 12.2. The first-order valence-corrected chi connectivity index (χ1v) is 6.88. The van der Waals surface area contributed by atoms with Gasteiger partial charge in [-0.1, -0.05) is 24.6 Å². The highest BCUT2D eigenvalue weighted by atomic mass is 16.5. The van der Waals surface area contributed by atoms with E-state index in [4.69, 9.17) is 15.0 Å². The fourth-order valence-electron chi connectivity index (χ4n) is 2.18. The molecule has 5 heteroatoms. The van der Waals surface area contributed by atoms with Crippen LogP contribution in [0.2, 0.25) is 0 Å². The Morgan fingerprint density at radius 2 is 2.20 bits per heavy atom. The average Bonchev–Trinajstić information content (AvgIpc) is 2.93. The second-order valence-corrected chi connectivity index (χ2v) is 4.88. The minimum absolute atomic E-state index is 0.123. The Morgan fingerprint density at radius 1 is 1.40 bits per heavy atom. The van der Waals surface area contributed by atoms with E-state index in [1.54, 1.807) is 7.11 Å². The number of aromatic nitrogens is 2. The Labute approximate surface area is 119 Å². The minimum atomic E-state index is 0.123. The molecule has 0 fully saturated rings. The molecule has 0 saturated heterocycles. The highest BCUT2D eigenvalue weighted by Crippen LogP contribution is 2.30. The van der Waals surface area contributed by atoms with Gasteiger partial charge in [0.1, 0.15) is 5.75 Å². The first kappa shape index (κ1) is 14.5. The molecule has 0 amide bonds. The first-order valence-electron chi connectivity index (χ1n) is 6.88. The van der Waals surface area contributed by atoms with Crippen molar-refractivity contribution in [3.63, 3.8) is 0 Å². The third-order valence-corrected chi connectivity index (χ3v) is 3.31.